The number of rotatable bonds is 7. The van der Waals surface area contributed by atoms with Crippen molar-refractivity contribution in [3.8, 4) is 5.75 Å². The van der Waals surface area contributed by atoms with Crippen LogP contribution < -0.4 is 10.1 Å². The number of carboxylic acid groups (broad SMARTS) is 1. The first-order chi connectivity index (χ1) is 9.78. The van der Waals surface area contributed by atoms with Crippen molar-refractivity contribution in [2.24, 2.45) is 0 Å². The molecule has 0 saturated carbocycles. The van der Waals surface area contributed by atoms with Gasteiger partial charge in [-0.2, -0.15) is 0 Å². The van der Waals surface area contributed by atoms with Gasteiger partial charge in [-0.3, -0.25) is 9.59 Å². The number of hydrogen-bond acceptors (Lipinski definition) is 3. The molecule has 0 fully saturated rings. The van der Waals surface area contributed by atoms with Crippen LogP contribution in [0, 0.1) is 0 Å². The summed E-state index contributed by atoms with van der Waals surface area (Å²) < 4.78 is 40.5. The summed E-state index contributed by atoms with van der Waals surface area (Å²) in [5, 5.41) is 10.8. The summed E-state index contributed by atoms with van der Waals surface area (Å²) in [6.07, 6.45) is -5.00. The van der Waals surface area contributed by atoms with E-state index in [9.17, 15) is 22.8 Å². The molecule has 8 heteroatoms. The van der Waals surface area contributed by atoms with Crippen LogP contribution in [-0.4, -0.2) is 29.9 Å². The van der Waals surface area contributed by atoms with Gasteiger partial charge in [-0.1, -0.05) is 18.2 Å². The maximum atomic E-state index is 12.2. The number of aryl methyl sites for hydroxylation is 1. The van der Waals surface area contributed by atoms with E-state index < -0.39 is 18.2 Å². The highest BCUT2D eigenvalue weighted by Gasteiger charge is 2.31. The van der Waals surface area contributed by atoms with Gasteiger partial charge in [-0.05, 0) is 18.1 Å². The molecule has 0 radical (unpaired) electrons. The Bertz CT molecular complexity index is 502. The lowest BCUT2D eigenvalue weighted by Gasteiger charge is -2.13. The molecule has 0 aromatic heterocycles. The topological polar surface area (TPSA) is 75.6 Å². The summed E-state index contributed by atoms with van der Waals surface area (Å²) in [6, 6.07) is 5.55. The molecule has 5 nitrogen and oxygen atoms in total. The van der Waals surface area contributed by atoms with E-state index >= 15 is 0 Å². The van der Waals surface area contributed by atoms with E-state index in [0.29, 0.717) is 0 Å². The number of amides is 1. The molecule has 21 heavy (non-hydrogen) atoms. The number of nitrogens with one attached hydrogen (secondary N) is 1. The van der Waals surface area contributed by atoms with Gasteiger partial charge in [0.15, 0.2) is 0 Å². The van der Waals surface area contributed by atoms with Crippen molar-refractivity contribution < 1.29 is 32.6 Å². The molecular formula is C13H14F3NO4. The molecule has 1 amide bonds. The zero-order valence-corrected chi connectivity index (χ0v) is 10.9. The van der Waals surface area contributed by atoms with Gasteiger partial charge in [0, 0.05) is 13.0 Å². The maximum absolute atomic E-state index is 12.2. The summed E-state index contributed by atoms with van der Waals surface area (Å²) in [4.78, 5) is 21.7. The van der Waals surface area contributed by atoms with Crippen LogP contribution in [0.2, 0.25) is 0 Å². The molecule has 1 aromatic carbocycles. The van der Waals surface area contributed by atoms with E-state index in [4.69, 9.17) is 5.11 Å². The largest absolute Gasteiger partial charge is 0.573 e. The third-order valence-corrected chi connectivity index (χ3v) is 2.48. The first-order valence-electron chi connectivity index (χ1n) is 6.10. The Kier molecular flexibility index (Phi) is 6.01. The fourth-order valence-corrected chi connectivity index (χ4v) is 1.58. The van der Waals surface area contributed by atoms with Crippen LogP contribution in [0.25, 0.3) is 0 Å². The Hall–Kier alpha value is -2.25. The fourth-order valence-electron chi connectivity index (χ4n) is 1.58. The Morgan fingerprint density at radius 1 is 1.19 bits per heavy atom. The van der Waals surface area contributed by atoms with Crippen molar-refractivity contribution in [1.82, 2.24) is 5.32 Å². The van der Waals surface area contributed by atoms with Crippen LogP contribution in [0.4, 0.5) is 13.2 Å². The minimum absolute atomic E-state index is 0.0190. The van der Waals surface area contributed by atoms with E-state index in [0.717, 1.165) is 0 Å². The van der Waals surface area contributed by atoms with Crippen LogP contribution in [0.1, 0.15) is 18.4 Å². The number of carbonyl (C=O) groups excluding carboxylic acids is 1. The summed E-state index contributed by atoms with van der Waals surface area (Å²) in [5.74, 6) is -1.82. The van der Waals surface area contributed by atoms with Gasteiger partial charge < -0.3 is 15.2 Å². The second kappa shape index (κ2) is 7.51. The average Bonchev–Trinajstić information content (AvgIpc) is 2.35. The number of benzene rings is 1. The zero-order chi connectivity index (χ0) is 15.9. The van der Waals surface area contributed by atoms with Crippen LogP contribution in [0.3, 0.4) is 0 Å². The number of para-hydroxylation sites is 1. The number of aliphatic carboxylic acids is 1. The monoisotopic (exact) mass is 305 g/mol. The lowest BCUT2D eigenvalue weighted by Crippen LogP contribution is -2.26. The maximum Gasteiger partial charge on any atom is 0.573 e. The summed E-state index contributed by atoms with van der Waals surface area (Å²) in [7, 11) is 0. The molecule has 0 aliphatic carbocycles. The number of carbonyl (C=O) groups is 2. The molecular weight excluding hydrogens is 291 g/mol. The number of alkyl halides is 3. The van der Waals surface area contributed by atoms with Gasteiger partial charge in [0.1, 0.15) is 5.75 Å². The molecule has 0 heterocycles. The lowest BCUT2D eigenvalue weighted by molar-refractivity contribution is -0.274. The van der Waals surface area contributed by atoms with E-state index in [-0.39, 0.29) is 37.1 Å². The molecule has 0 spiro atoms. The smallest absolute Gasteiger partial charge is 0.481 e. The highest BCUT2D eigenvalue weighted by molar-refractivity contribution is 5.77. The van der Waals surface area contributed by atoms with Gasteiger partial charge in [-0.25, -0.2) is 0 Å². The van der Waals surface area contributed by atoms with Crippen molar-refractivity contribution in [2.75, 3.05) is 6.54 Å². The fraction of sp³-hybridized carbons (Fsp3) is 0.385. The van der Waals surface area contributed by atoms with E-state index in [1.807, 2.05) is 0 Å². The van der Waals surface area contributed by atoms with Crippen molar-refractivity contribution >= 4 is 11.9 Å². The van der Waals surface area contributed by atoms with Crippen LogP contribution in [-0.2, 0) is 16.0 Å². The normalized spacial score (nSPS) is 11.0. The van der Waals surface area contributed by atoms with E-state index in [1.54, 1.807) is 6.07 Å². The van der Waals surface area contributed by atoms with Crippen molar-refractivity contribution in [3.63, 3.8) is 0 Å². The highest BCUT2D eigenvalue weighted by Crippen LogP contribution is 2.26. The zero-order valence-electron chi connectivity index (χ0n) is 10.9. The first-order valence-corrected chi connectivity index (χ1v) is 6.10. The van der Waals surface area contributed by atoms with Crippen molar-refractivity contribution in [2.45, 2.75) is 25.6 Å². The third kappa shape index (κ3) is 7.19. The molecule has 0 atom stereocenters. The van der Waals surface area contributed by atoms with E-state index in [1.165, 1.54) is 18.2 Å². The number of carboxylic acids is 1. The Morgan fingerprint density at radius 2 is 1.86 bits per heavy atom. The molecule has 2 N–H and O–H groups in total. The van der Waals surface area contributed by atoms with Gasteiger partial charge in [0.2, 0.25) is 5.91 Å². The third-order valence-electron chi connectivity index (χ3n) is 2.48. The summed E-state index contributed by atoms with van der Waals surface area (Å²) >= 11 is 0. The molecule has 0 aliphatic heterocycles. The quantitative estimate of drug-likeness (QED) is 0.809. The average molecular weight is 305 g/mol. The number of hydrogen-bond donors (Lipinski definition) is 2. The van der Waals surface area contributed by atoms with Gasteiger partial charge in [0.05, 0.1) is 6.42 Å². The SMILES string of the molecule is O=C(O)CCNC(=O)CCc1ccccc1OC(F)(F)F. The van der Waals surface area contributed by atoms with Gasteiger partial charge in [-0.15, -0.1) is 13.2 Å². The van der Waals surface area contributed by atoms with Crippen LogP contribution in [0.15, 0.2) is 24.3 Å². The van der Waals surface area contributed by atoms with Gasteiger partial charge >= 0.3 is 12.3 Å². The van der Waals surface area contributed by atoms with Crippen molar-refractivity contribution in [1.29, 1.82) is 0 Å². The lowest BCUT2D eigenvalue weighted by atomic mass is 10.1. The molecule has 1 aromatic rings. The predicted octanol–water partition coefficient (Wildman–Crippen LogP) is 2.11. The minimum atomic E-state index is -4.79. The molecule has 0 saturated heterocycles. The standard InChI is InChI=1S/C13H14F3NO4/c14-13(15,16)21-10-4-2-1-3-9(10)5-6-11(18)17-8-7-12(19)20/h1-4H,5-8H2,(H,17,18)(H,19,20). The summed E-state index contributed by atoms with van der Waals surface area (Å²) in [5.41, 5.74) is 0.253. The Morgan fingerprint density at radius 3 is 2.48 bits per heavy atom. The van der Waals surface area contributed by atoms with Crippen LogP contribution >= 0.6 is 0 Å². The van der Waals surface area contributed by atoms with E-state index in [2.05, 4.69) is 10.1 Å². The van der Waals surface area contributed by atoms with Crippen LogP contribution in [0.5, 0.6) is 5.75 Å². The number of halogens is 3. The summed E-state index contributed by atoms with van der Waals surface area (Å²) in [6.45, 7) is -0.0190. The second-order valence-corrected chi connectivity index (χ2v) is 4.15. The number of ether oxygens (including phenoxy) is 1. The van der Waals surface area contributed by atoms with Crippen molar-refractivity contribution in [3.05, 3.63) is 29.8 Å². The Labute approximate surface area is 118 Å². The Balaban J connectivity index is 2.51. The van der Waals surface area contributed by atoms with Gasteiger partial charge in [0.25, 0.3) is 0 Å². The molecule has 0 bridgehead atoms. The molecule has 116 valence electrons. The predicted molar refractivity (Wildman–Crippen MR) is 66.7 cm³/mol. The molecule has 1 rings (SSSR count). The highest BCUT2D eigenvalue weighted by atomic mass is 19.4. The first kappa shape index (κ1) is 16.8. The molecule has 0 unspecified atom stereocenters. The second-order valence-electron chi connectivity index (χ2n) is 4.15. The minimum Gasteiger partial charge on any atom is -0.481 e. The molecule has 0 aliphatic rings.